The highest BCUT2D eigenvalue weighted by atomic mass is 19.1. The van der Waals surface area contributed by atoms with Crippen molar-refractivity contribution in [2.24, 2.45) is 0 Å². The van der Waals surface area contributed by atoms with E-state index in [4.69, 9.17) is 0 Å². The summed E-state index contributed by atoms with van der Waals surface area (Å²) in [5.41, 5.74) is 0.672. The maximum atomic E-state index is 12.8. The monoisotopic (exact) mass is 294 g/mol. The van der Waals surface area contributed by atoms with Gasteiger partial charge in [0.05, 0.1) is 6.10 Å². The number of hydrogen-bond donors (Lipinski definition) is 2. The predicted molar refractivity (Wildman–Crippen MR) is 79.3 cm³/mol. The summed E-state index contributed by atoms with van der Waals surface area (Å²) >= 11 is 0. The normalized spacial score (nSPS) is 16.8. The van der Waals surface area contributed by atoms with Gasteiger partial charge < -0.3 is 15.3 Å². The van der Waals surface area contributed by atoms with Gasteiger partial charge in [-0.05, 0) is 37.0 Å². The Labute approximate surface area is 125 Å². The summed E-state index contributed by atoms with van der Waals surface area (Å²) < 4.78 is 12.8. The summed E-state index contributed by atoms with van der Waals surface area (Å²) in [5, 5.41) is 13.0. The van der Waals surface area contributed by atoms with E-state index in [1.165, 1.54) is 18.6 Å². The van der Waals surface area contributed by atoms with Gasteiger partial charge in [0.15, 0.2) is 0 Å². The Balaban J connectivity index is 1.64. The zero-order valence-electron chi connectivity index (χ0n) is 12.2. The van der Waals surface area contributed by atoms with E-state index in [-0.39, 0.29) is 11.7 Å². The smallest absolute Gasteiger partial charge is 0.223 e. The van der Waals surface area contributed by atoms with Crippen molar-refractivity contribution < 1.29 is 14.3 Å². The van der Waals surface area contributed by atoms with Gasteiger partial charge in [0.25, 0.3) is 0 Å². The zero-order valence-corrected chi connectivity index (χ0v) is 12.2. The predicted octanol–water partition coefficient (Wildman–Crippen LogP) is 1.85. The number of piperidine rings is 1. The molecule has 5 heteroatoms. The lowest BCUT2D eigenvalue weighted by molar-refractivity contribution is -0.132. The molecule has 1 heterocycles. The topological polar surface area (TPSA) is 52.6 Å². The van der Waals surface area contributed by atoms with E-state index in [2.05, 4.69) is 5.32 Å². The van der Waals surface area contributed by atoms with Crippen molar-refractivity contribution in [3.8, 4) is 0 Å². The first-order chi connectivity index (χ1) is 10.2. The molecule has 2 N–H and O–H groups in total. The molecule has 1 atom stereocenters. The molecule has 0 bridgehead atoms. The SMILES string of the molecule is O=C(CCNCC(O)c1ccc(F)cc1)N1CCCCC1. The average Bonchev–Trinajstić information content (AvgIpc) is 2.52. The molecule has 1 aromatic rings. The lowest BCUT2D eigenvalue weighted by Crippen LogP contribution is -2.37. The van der Waals surface area contributed by atoms with E-state index in [0.717, 1.165) is 25.9 Å². The lowest BCUT2D eigenvalue weighted by Gasteiger charge is -2.26. The number of nitrogens with zero attached hydrogens (tertiary/aromatic N) is 1. The lowest BCUT2D eigenvalue weighted by atomic mass is 10.1. The summed E-state index contributed by atoms with van der Waals surface area (Å²) in [6.07, 6.45) is 3.18. The van der Waals surface area contributed by atoms with Gasteiger partial charge in [-0.3, -0.25) is 4.79 Å². The fourth-order valence-electron chi connectivity index (χ4n) is 2.54. The largest absolute Gasteiger partial charge is 0.387 e. The third kappa shape index (κ3) is 5.10. The minimum absolute atomic E-state index is 0.179. The van der Waals surface area contributed by atoms with Crippen LogP contribution >= 0.6 is 0 Å². The fourth-order valence-corrected chi connectivity index (χ4v) is 2.54. The van der Waals surface area contributed by atoms with Crippen LogP contribution in [0.1, 0.15) is 37.4 Å². The number of likely N-dealkylation sites (tertiary alicyclic amines) is 1. The third-order valence-corrected chi connectivity index (χ3v) is 3.82. The molecule has 4 nitrogen and oxygen atoms in total. The van der Waals surface area contributed by atoms with Crippen LogP contribution in [0.4, 0.5) is 4.39 Å². The summed E-state index contributed by atoms with van der Waals surface area (Å²) in [4.78, 5) is 13.9. The van der Waals surface area contributed by atoms with Gasteiger partial charge in [0, 0.05) is 32.6 Å². The molecule has 1 fully saturated rings. The van der Waals surface area contributed by atoms with Crippen molar-refractivity contribution in [2.75, 3.05) is 26.2 Å². The Hall–Kier alpha value is -1.46. The van der Waals surface area contributed by atoms with Crippen LogP contribution in [0.3, 0.4) is 0 Å². The molecule has 2 rings (SSSR count). The maximum Gasteiger partial charge on any atom is 0.223 e. The summed E-state index contributed by atoms with van der Waals surface area (Å²) in [6, 6.07) is 5.80. The van der Waals surface area contributed by atoms with Crippen LogP contribution in [0, 0.1) is 5.82 Å². The number of carbonyl (C=O) groups excluding carboxylic acids is 1. The second-order valence-corrected chi connectivity index (χ2v) is 5.46. The van der Waals surface area contributed by atoms with E-state index < -0.39 is 6.10 Å². The van der Waals surface area contributed by atoms with E-state index >= 15 is 0 Å². The van der Waals surface area contributed by atoms with Gasteiger partial charge in [0.1, 0.15) is 5.82 Å². The zero-order chi connectivity index (χ0) is 15.1. The summed E-state index contributed by atoms with van der Waals surface area (Å²) in [5.74, 6) is -0.135. The maximum absolute atomic E-state index is 12.8. The van der Waals surface area contributed by atoms with Crippen LogP contribution in [0.2, 0.25) is 0 Å². The van der Waals surface area contributed by atoms with Crippen LogP contribution in [-0.2, 0) is 4.79 Å². The molecule has 1 aliphatic heterocycles. The van der Waals surface area contributed by atoms with Crippen LogP contribution in [0.15, 0.2) is 24.3 Å². The van der Waals surface area contributed by atoms with Crippen molar-refractivity contribution in [3.05, 3.63) is 35.6 Å². The third-order valence-electron chi connectivity index (χ3n) is 3.82. The average molecular weight is 294 g/mol. The second-order valence-electron chi connectivity index (χ2n) is 5.46. The molecule has 0 aliphatic carbocycles. The van der Waals surface area contributed by atoms with Gasteiger partial charge in [-0.15, -0.1) is 0 Å². The first kappa shape index (κ1) is 15.9. The molecule has 1 amide bonds. The molecule has 1 aromatic carbocycles. The van der Waals surface area contributed by atoms with Crippen molar-refractivity contribution in [1.82, 2.24) is 10.2 Å². The van der Waals surface area contributed by atoms with E-state index in [0.29, 0.717) is 25.1 Å². The fraction of sp³-hybridized carbons (Fsp3) is 0.562. The van der Waals surface area contributed by atoms with Gasteiger partial charge in [-0.25, -0.2) is 4.39 Å². The van der Waals surface area contributed by atoms with E-state index in [1.54, 1.807) is 12.1 Å². The highest BCUT2D eigenvalue weighted by Gasteiger charge is 2.15. The minimum atomic E-state index is -0.685. The number of carbonyl (C=O) groups is 1. The first-order valence-electron chi connectivity index (χ1n) is 7.59. The van der Waals surface area contributed by atoms with E-state index in [9.17, 15) is 14.3 Å². The van der Waals surface area contributed by atoms with Crippen LogP contribution in [0.25, 0.3) is 0 Å². The molecule has 1 saturated heterocycles. The number of hydrogen-bond acceptors (Lipinski definition) is 3. The van der Waals surface area contributed by atoms with Crippen molar-refractivity contribution in [1.29, 1.82) is 0 Å². The van der Waals surface area contributed by atoms with Gasteiger partial charge >= 0.3 is 0 Å². The Morgan fingerprint density at radius 3 is 2.57 bits per heavy atom. The standard InChI is InChI=1S/C16H23FN2O2/c17-14-6-4-13(5-7-14)15(20)12-18-9-8-16(21)19-10-2-1-3-11-19/h4-7,15,18,20H,1-3,8-12H2. The highest BCUT2D eigenvalue weighted by molar-refractivity contribution is 5.76. The molecule has 1 unspecified atom stereocenters. The van der Waals surface area contributed by atoms with Gasteiger partial charge in [0.2, 0.25) is 5.91 Å². The van der Waals surface area contributed by atoms with Crippen molar-refractivity contribution in [3.63, 3.8) is 0 Å². The molecular weight excluding hydrogens is 271 g/mol. The van der Waals surface area contributed by atoms with Crippen LogP contribution in [0.5, 0.6) is 0 Å². The van der Waals surface area contributed by atoms with Gasteiger partial charge in [-0.2, -0.15) is 0 Å². The minimum Gasteiger partial charge on any atom is -0.387 e. The van der Waals surface area contributed by atoms with E-state index in [1.807, 2.05) is 4.90 Å². The molecule has 21 heavy (non-hydrogen) atoms. The highest BCUT2D eigenvalue weighted by Crippen LogP contribution is 2.12. The Morgan fingerprint density at radius 2 is 1.90 bits per heavy atom. The second kappa shape index (κ2) is 8.10. The number of benzene rings is 1. The first-order valence-corrected chi connectivity index (χ1v) is 7.59. The summed E-state index contributed by atoms with van der Waals surface area (Å²) in [6.45, 7) is 2.65. The molecule has 0 saturated carbocycles. The number of halogens is 1. The number of aliphatic hydroxyl groups is 1. The molecule has 1 aliphatic rings. The Kier molecular flexibility index (Phi) is 6.14. The summed E-state index contributed by atoms with van der Waals surface area (Å²) in [7, 11) is 0. The number of rotatable bonds is 6. The van der Waals surface area contributed by atoms with Crippen molar-refractivity contribution in [2.45, 2.75) is 31.8 Å². The molecule has 0 radical (unpaired) electrons. The molecule has 0 aromatic heterocycles. The van der Waals surface area contributed by atoms with Crippen molar-refractivity contribution >= 4 is 5.91 Å². The molecule has 0 spiro atoms. The Bertz CT molecular complexity index is 444. The number of nitrogens with one attached hydrogen (secondary N) is 1. The molecule has 116 valence electrons. The Morgan fingerprint density at radius 1 is 1.24 bits per heavy atom. The molecular formula is C16H23FN2O2. The van der Waals surface area contributed by atoms with Gasteiger partial charge in [-0.1, -0.05) is 12.1 Å². The number of amides is 1. The quantitative estimate of drug-likeness (QED) is 0.787. The number of aliphatic hydroxyl groups excluding tert-OH is 1. The van der Waals surface area contributed by atoms with Crippen LogP contribution in [-0.4, -0.2) is 42.1 Å². The van der Waals surface area contributed by atoms with Crippen LogP contribution < -0.4 is 5.32 Å².